The van der Waals surface area contributed by atoms with Crippen LogP contribution in [0.4, 0.5) is 0 Å². The zero-order valence-corrected chi connectivity index (χ0v) is 12.7. The van der Waals surface area contributed by atoms with Crippen LogP contribution in [0.5, 0.6) is 11.5 Å². The highest BCUT2D eigenvalue weighted by Crippen LogP contribution is 2.36. The fourth-order valence-electron chi connectivity index (χ4n) is 2.11. The van der Waals surface area contributed by atoms with Gasteiger partial charge < -0.3 is 18.6 Å². The molecule has 0 aliphatic carbocycles. The van der Waals surface area contributed by atoms with Gasteiger partial charge in [-0.2, -0.15) is 0 Å². The lowest BCUT2D eigenvalue weighted by Gasteiger charge is -2.07. The molecule has 1 aromatic carbocycles. The summed E-state index contributed by atoms with van der Waals surface area (Å²) >= 11 is 1.27. The van der Waals surface area contributed by atoms with Crippen molar-refractivity contribution in [2.24, 2.45) is 0 Å². The molecule has 0 saturated carbocycles. The first-order chi connectivity index (χ1) is 10.6. The molecule has 7 heteroatoms. The third kappa shape index (κ3) is 2.43. The van der Waals surface area contributed by atoms with Crippen LogP contribution in [-0.4, -0.2) is 26.1 Å². The van der Waals surface area contributed by atoms with Gasteiger partial charge in [0, 0.05) is 10.5 Å². The van der Waals surface area contributed by atoms with Crippen molar-refractivity contribution >= 4 is 17.7 Å². The first-order valence-electron chi connectivity index (χ1n) is 6.34. The molecular weight excluding hydrogens is 308 g/mol. The minimum absolute atomic E-state index is 0.0977. The maximum absolute atomic E-state index is 12.1. The zero-order valence-electron chi connectivity index (χ0n) is 11.9. The van der Waals surface area contributed by atoms with Crippen LogP contribution in [0.25, 0.3) is 11.3 Å². The summed E-state index contributed by atoms with van der Waals surface area (Å²) in [5.74, 6) is 0.862. The number of carbonyl (C=O) groups excluding carboxylic acids is 1. The molecule has 6 nitrogen and oxygen atoms in total. The Morgan fingerprint density at radius 3 is 2.73 bits per heavy atom. The summed E-state index contributed by atoms with van der Waals surface area (Å²) in [6.07, 6.45) is 1.77. The largest absolute Gasteiger partial charge is 0.465 e. The van der Waals surface area contributed by atoms with Crippen LogP contribution in [-0.2, 0) is 4.74 Å². The number of fused-ring (bicyclic) bond motifs is 1. The van der Waals surface area contributed by atoms with Crippen LogP contribution in [0, 0.1) is 0 Å². The fourth-order valence-corrected chi connectivity index (χ4v) is 2.71. The van der Waals surface area contributed by atoms with Crippen molar-refractivity contribution in [1.29, 1.82) is 0 Å². The van der Waals surface area contributed by atoms with Crippen molar-refractivity contribution in [2.75, 3.05) is 20.2 Å². The lowest BCUT2D eigenvalue weighted by atomic mass is 10.1. The molecule has 2 heterocycles. The number of hydrogen-bond donors (Lipinski definition) is 0. The molecule has 0 atom stereocenters. The fraction of sp³-hybridized carbons (Fsp3) is 0.200. The number of carbonyl (C=O) groups is 1. The van der Waals surface area contributed by atoms with Gasteiger partial charge in [0.15, 0.2) is 17.1 Å². The van der Waals surface area contributed by atoms with Crippen molar-refractivity contribution < 1.29 is 23.4 Å². The van der Waals surface area contributed by atoms with Gasteiger partial charge in [0.25, 0.3) is 0 Å². The summed E-state index contributed by atoms with van der Waals surface area (Å²) in [4.78, 5) is 24.3. The summed E-state index contributed by atoms with van der Waals surface area (Å²) < 4.78 is 20.4. The second-order valence-electron chi connectivity index (χ2n) is 4.40. The average molecular weight is 320 g/mol. The van der Waals surface area contributed by atoms with E-state index >= 15 is 0 Å². The lowest BCUT2D eigenvalue weighted by molar-refractivity contribution is 0.0591. The van der Waals surface area contributed by atoms with Crippen molar-refractivity contribution in [2.45, 2.75) is 4.90 Å². The van der Waals surface area contributed by atoms with E-state index in [0.717, 1.165) is 0 Å². The van der Waals surface area contributed by atoms with E-state index in [1.165, 1.54) is 18.9 Å². The van der Waals surface area contributed by atoms with E-state index < -0.39 is 11.6 Å². The van der Waals surface area contributed by atoms with Crippen LogP contribution in [0.15, 0.2) is 38.4 Å². The molecular formula is C15H12O6S. The number of rotatable bonds is 3. The third-order valence-corrected chi connectivity index (χ3v) is 3.94. The number of benzene rings is 1. The second-order valence-corrected chi connectivity index (χ2v) is 5.25. The Kier molecular flexibility index (Phi) is 3.81. The van der Waals surface area contributed by atoms with Crippen LogP contribution in [0.3, 0.4) is 0 Å². The monoisotopic (exact) mass is 320 g/mol. The second kappa shape index (κ2) is 5.76. The van der Waals surface area contributed by atoms with E-state index in [1.807, 2.05) is 0 Å². The highest BCUT2D eigenvalue weighted by molar-refractivity contribution is 7.98. The van der Waals surface area contributed by atoms with Crippen LogP contribution >= 0.6 is 11.8 Å². The molecule has 22 heavy (non-hydrogen) atoms. The molecule has 0 unspecified atom stereocenters. The van der Waals surface area contributed by atoms with E-state index in [1.54, 1.807) is 30.5 Å². The van der Waals surface area contributed by atoms with Gasteiger partial charge in [0.05, 0.1) is 7.11 Å². The predicted molar refractivity (Wildman–Crippen MR) is 79.7 cm³/mol. The van der Waals surface area contributed by atoms with Crippen molar-refractivity contribution in [3.05, 3.63) is 40.2 Å². The van der Waals surface area contributed by atoms with Gasteiger partial charge in [0.2, 0.25) is 6.79 Å². The van der Waals surface area contributed by atoms with Gasteiger partial charge in [-0.25, -0.2) is 9.59 Å². The molecule has 1 aliphatic heterocycles. The van der Waals surface area contributed by atoms with Gasteiger partial charge in [-0.1, -0.05) is 0 Å². The first kappa shape index (κ1) is 14.5. The van der Waals surface area contributed by atoms with Crippen molar-refractivity contribution in [3.8, 4) is 22.8 Å². The van der Waals surface area contributed by atoms with Gasteiger partial charge in [-0.05, 0) is 30.5 Å². The average Bonchev–Trinajstić information content (AvgIpc) is 3.00. The van der Waals surface area contributed by atoms with Crippen molar-refractivity contribution in [1.82, 2.24) is 0 Å². The van der Waals surface area contributed by atoms with Gasteiger partial charge in [-0.15, -0.1) is 11.8 Å². The third-order valence-electron chi connectivity index (χ3n) is 3.18. The smallest absolute Gasteiger partial charge is 0.352 e. The normalized spacial score (nSPS) is 12.3. The summed E-state index contributed by atoms with van der Waals surface area (Å²) in [7, 11) is 1.22. The van der Waals surface area contributed by atoms with E-state index in [0.29, 0.717) is 27.7 Å². The minimum Gasteiger partial charge on any atom is -0.465 e. The Morgan fingerprint density at radius 1 is 1.23 bits per heavy atom. The Hall–Kier alpha value is -2.41. The highest BCUT2D eigenvalue weighted by atomic mass is 32.2. The molecule has 0 amide bonds. The Bertz CT molecular complexity index is 795. The summed E-state index contributed by atoms with van der Waals surface area (Å²) in [5, 5.41) is 0. The number of thioether (sulfide) groups is 1. The molecule has 0 N–H and O–H groups in total. The molecule has 0 bridgehead atoms. The molecule has 0 fully saturated rings. The molecule has 0 radical (unpaired) electrons. The molecule has 0 saturated heterocycles. The molecule has 0 spiro atoms. The maximum Gasteiger partial charge on any atom is 0.352 e. The number of methoxy groups -OCH3 is 1. The quantitative estimate of drug-likeness (QED) is 0.635. The van der Waals surface area contributed by atoms with E-state index in [4.69, 9.17) is 13.9 Å². The zero-order chi connectivity index (χ0) is 15.7. The van der Waals surface area contributed by atoms with Crippen LogP contribution < -0.4 is 15.1 Å². The lowest BCUT2D eigenvalue weighted by Crippen LogP contribution is -2.17. The van der Waals surface area contributed by atoms with E-state index in [-0.39, 0.29) is 12.4 Å². The van der Waals surface area contributed by atoms with Gasteiger partial charge in [0.1, 0.15) is 5.76 Å². The molecule has 2 aromatic rings. The SMILES string of the molecule is COC(=O)c1c(SC)cc(-c2ccc3c(c2)OCO3)oc1=O. The maximum atomic E-state index is 12.1. The van der Waals surface area contributed by atoms with Crippen molar-refractivity contribution in [3.63, 3.8) is 0 Å². The topological polar surface area (TPSA) is 75.0 Å². The first-order valence-corrected chi connectivity index (χ1v) is 7.57. The predicted octanol–water partition coefficient (Wildman–Crippen LogP) is 2.54. The molecule has 1 aromatic heterocycles. The van der Waals surface area contributed by atoms with E-state index in [2.05, 4.69) is 4.74 Å². The molecule has 3 rings (SSSR count). The number of hydrogen-bond acceptors (Lipinski definition) is 7. The Labute approximate surface area is 130 Å². The Balaban J connectivity index is 2.11. The van der Waals surface area contributed by atoms with Crippen LogP contribution in [0.1, 0.15) is 10.4 Å². The minimum atomic E-state index is -0.730. The summed E-state index contributed by atoms with van der Waals surface area (Å²) in [6.45, 7) is 0.167. The summed E-state index contributed by atoms with van der Waals surface area (Å²) in [5.41, 5.74) is -0.168. The number of esters is 1. The van der Waals surface area contributed by atoms with Gasteiger partial charge in [-0.3, -0.25) is 0 Å². The van der Waals surface area contributed by atoms with Gasteiger partial charge >= 0.3 is 11.6 Å². The van der Waals surface area contributed by atoms with E-state index in [9.17, 15) is 9.59 Å². The highest BCUT2D eigenvalue weighted by Gasteiger charge is 2.21. The Morgan fingerprint density at radius 2 is 2.00 bits per heavy atom. The summed E-state index contributed by atoms with van der Waals surface area (Å²) in [6, 6.07) is 6.86. The van der Waals surface area contributed by atoms with Crippen LogP contribution in [0.2, 0.25) is 0 Å². The molecule has 1 aliphatic rings. The molecule has 114 valence electrons. The standard InChI is InChI=1S/C15H12O6S/c1-18-14(16)13-12(22-2)6-10(21-15(13)17)8-3-4-9-11(5-8)20-7-19-9/h3-6H,7H2,1-2H3. The number of ether oxygens (including phenoxy) is 3.